The number of rotatable bonds is 9. The Morgan fingerprint density at radius 2 is 1.89 bits per heavy atom. The summed E-state index contributed by atoms with van der Waals surface area (Å²) < 4.78 is 11.1. The van der Waals surface area contributed by atoms with Crippen LogP contribution in [0.1, 0.15) is 24.1 Å². The Labute approximate surface area is 161 Å². The van der Waals surface area contributed by atoms with E-state index in [0.717, 1.165) is 11.1 Å². The van der Waals surface area contributed by atoms with Crippen molar-refractivity contribution in [1.82, 2.24) is 10.2 Å². The van der Waals surface area contributed by atoms with Gasteiger partial charge < -0.3 is 19.7 Å². The average molecular weight is 368 g/mol. The van der Waals surface area contributed by atoms with Crippen molar-refractivity contribution >= 4 is 12.0 Å². The molecule has 5 nitrogen and oxygen atoms in total. The highest BCUT2D eigenvalue weighted by Crippen LogP contribution is 2.28. The maximum absolute atomic E-state index is 12.4. The molecular weight excluding hydrogens is 340 g/mol. The molecule has 1 amide bonds. The molecule has 0 spiro atoms. The lowest BCUT2D eigenvalue weighted by Crippen LogP contribution is -2.37. The molecular formula is C22H28N2O3. The zero-order valence-corrected chi connectivity index (χ0v) is 16.4. The molecule has 0 saturated heterocycles. The van der Waals surface area contributed by atoms with E-state index in [4.69, 9.17) is 9.47 Å². The fourth-order valence-corrected chi connectivity index (χ4v) is 2.76. The molecule has 0 aliphatic rings. The summed E-state index contributed by atoms with van der Waals surface area (Å²) in [7, 11) is 5.55. The number of carbonyl (C=O) groups excluding carboxylic acids is 1. The van der Waals surface area contributed by atoms with Gasteiger partial charge in [-0.25, -0.2) is 0 Å². The molecule has 2 aromatic carbocycles. The van der Waals surface area contributed by atoms with Crippen molar-refractivity contribution in [2.75, 3.05) is 34.4 Å². The number of nitrogens with zero attached hydrogens (tertiary/aromatic N) is 1. The Hall–Kier alpha value is -2.79. The van der Waals surface area contributed by atoms with Crippen molar-refractivity contribution in [2.45, 2.75) is 13.0 Å². The van der Waals surface area contributed by atoms with Crippen molar-refractivity contribution in [2.24, 2.45) is 0 Å². The van der Waals surface area contributed by atoms with Crippen LogP contribution >= 0.6 is 0 Å². The van der Waals surface area contributed by atoms with Gasteiger partial charge in [0.25, 0.3) is 5.91 Å². The third-order valence-corrected chi connectivity index (χ3v) is 3.99. The number of benzene rings is 2. The lowest BCUT2D eigenvalue weighted by Gasteiger charge is -2.23. The van der Waals surface area contributed by atoms with E-state index in [2.05, 4.69) is 5.32 Å². The first-order chi connectivity index (χ1) is 13.0. The third kappa shape index (κ3) is 6.46. The van der Waals surface area contributed by atoms with Gasteiger partial charge in [0.15, 0.2) is 18.1 Å². The van der Waals surface area contributed by atoms with Crippen LogP contribution in [-0.2, 0) is 4.79 Å². The number of methoxy groups -OCH3 is 1. The van der Waals surface area contributed by atoms with E-state index in [1.54, 1.807) is 7.11 Å². The molecule has 144 valence electrons. The van der Waals surface area contributed by atoms with Crippen LogP contribution < -0.4 is 14.8 Å². The number of carbonyl (C=O) groups is 1. The largest absolute Gasteiger partial charge is 0.493 e. The van der Waals surface area contributed by atoms with Crippen LogP contribution in [0.2, 0.25) is 0 Å². The van der Waals surface area contributed by atoms with Gasteiger partial charge in [-0.1, -0.05) is 48.6 Å². The highest BCUT2D eigenvalue weighted by Gasteiger charge is 2.16. The summed E-state index contributed by atoms with van der Waals surface area (Å²) in [5, 5.41) is 3.05. The summed E-state index contributed by atoms with van der Waals surface area (Å²) in [5.41, 5.74) is 2.08. The smallest absolute Gasteiger partial charge is 0.258 e. The molecule has 27 heavy (non-hydrogen) atoms. The van der Waals surface area contributed by atoms with Crippen LogP contribution in [-0.4, -0.2) is 45.2 Å². The summed E-state index contributed by atoms with van der Waals surface area (Å²) in [4.78, 5) is 14.5. The van der Waals surface area contributed by atoms with Crippen molar-refractivity contribution in [3.8, 4) is 11.5 Å². The van der Waals surface area contributed by atoms with E-state index in [-0.39, 0.29) is 18.6 Å². The first-order valence-electron chi connectivity index (χ1n) is 8.96. The second kappa shape index (κ2) is 10.4. The maximum atomic E-state index is 12.4. The quantitative estimate of drug-likeness (QED) is 0.736. The zero-order valence-electron chi connectivity index (χ0n) is 16.4. The van der Waals surface area contributed by atoms with Crippen LogP contribution in [0.25, 0.3) is 6.08 Å². The Balaban J connectivity index is 2.01. The normalized spacial score (nSPS) is 12.2. The van der Waals surface area contributed by atoms with Crippen LogP contribution in [0, 0.1) is 0 Å². The van der Waals surface area contributed by atoms with E-state index < -0.39 is 0 Å². The van der Waals surface area contributed by atoms with E-state index in [0.29, 0.717) is 18.0 Å². The van der Waals surface area contributed by atoms with E-state index in [1.807, 2.05) is 86.6 Å². The Morgan fingerprint density at radius 1 is 1.15 bits per heavy atom. The molecule has 2 rings (SSSR count). The lowest BCUT2D eigenvalue weighted by molar-refractivity contribution is -0.124. The number of allylic oxidation sites excluding steroid dienone is 1. The fraction of sp³-hybridized carbons (Fsp3) is 0.318. The zero-order chi connectivity index (χ0) is 19.6. The molecule has 2 aromatic rings. The van der Waals surface area contributed by atoms with Gasteiger partial charge in [0.2, 0.25) is 0 Å². The maximum Gasteiger partial charge on any atom is 0.258 e. The molecule has 1 N–H and O–H groups in total. The standard InChI is InChI=1S/C22H28N2O3/c1-5-9-17-12-13-20(21(14-17)26-4)27-16-22(25)23-19(15-24(2)3)18-10-7-6-8-11-18/h5-14,19H,15-16H2,1-4H3,(H,23,25)/b9-5+. The molecule has 1 atom stereocenters. The number of hydrogen-bond donors (Lipinski definition) is 1. The van der Waals surface area contributed by atoms with Gasteiger partial charge in [0.05, 0.1) is 13.2 Å². The molecule has 0 aliphatic carbocycles. The summed E-state index contributed by atoms with van der Waals surface area (Å²) in [6, 6.07) is 15.4. The molecule has 0 aromatic heterocycles. The van der Waals surface area contributed by atoms with Gasteiger partial charge in [0.1, 0.15) is 0 Å². The summed E-state index contributed by atoms with van der Waals surface area (Å²) in [6.07, 6.45) is 3.93. The first-order valence-corrected chi connectivity index (χ1v) is 8.96. The Morgan fingerprint density at radius 3 is 2.52 bits per heavy atom. The Bertz CT molecular complexity index is 757. The minimum atomic E-state index is -0.176. The topological polar surface area (TPSA) is 50.8 Å². The van der Waals surface area contributed by atoms with Crippen LogP contribution in [0.5, 0.6) is 11.5 Å². The highest BCUT2D eigenvalue weighted by atomic mass is 16.5. The molecule has 0 aliphatic heterocycles. The number of likely N-dealkylation sites (N-methyl/N-ethyl adjacent to an activating group) is 1. The van der Waals surface area contributed by atoms with Gasteiger partial charge in [0, 0.05) is 6.54 Å². The highest BCUT2D eigenvalue weighted by molar-refractivity contribution is 5.78. The number of ether oxygens (including phenoxy) is 2. The summed E-state index contributed by atoms with van der Waals surface area (Å²) in [5.74, 6) is 0.973. The molecule has 1 unspecified atom stereocenters. The second-order valence-electron chi connectivity index (χ2n) is 6.49. The number of hydrogen-bond acceptors (Lipinski definition) is 4. The molecule has 0 bridgehead atoms. The first kappa shape index (κ1) is 20.5. The minimum absolute atomic E-state index is 0.0733. The van der Waals surface area contributed by atoms with Gasteiger partial charge in [-0.2, -0.15) is 0 Å². The molecule has 5 heteroatoms. The predicted molar refractivity (Wildman–Crippen MR) is 109 cm³/mol. The molecule has 0 saturated carbocycles. The van der Waals surface area contributed by atoms with Crippen LogP contribution in [0.4, 0.5) is 0 Å². The van der Waals surface area contributed by atoms with Gasteiger partial charge in [-0.05, 0) is 44.3 Å². The SMILES string of the molecule is C/C=C/c1ccc(OCC(=O)NC(CN(C)C)c2ccccc2)c(OC)c1. The second-order valence-corrected chi connectivity index (χ2v) is 6.49. The monoisotopic (exact) mass is 368 g/mol. The van der Waals surface area contributed by atoms with Crippen LogP contribution in [0.3, 0.4) is 0 Å². The van der Waals surface area contributed by atoms with Crippen molar-refractivity contribution in [3.05, 3.63) is 65.7 Å². The number of amides is 1. The fourth-order valence-electron chi connectivity index (χ4n) is 2.76. The lowest BCUT2D eigenvalue weighted by atomic mass is 10.1. The molecule has 0 radical (unpaired) electrons. The predicted octanol–water partition coefficient (Wildman–Crippen LogP) is 3.53. The average Bonchev–Trinajstić information content (AvgIpc) is 2.67. The van der Waals surface area contributed by atoms with Crippen molar-refractivity contribution in [1.29, 1.82) is 0 Å². The summed E-state index contributed by atoms with van der Waals surface area (Å²) in [6.45, 7) is 2.59. The van der Waals surface area contributed by atoms with Crippen LogP contribution in [0.15, 0.2) is 54.6 Å². The molecule has 0 fully saturated rings. The third-order valence-electron chi connectivity index (χ3n) is 3.99. The van der Waals surface area contributed by atoms with E-state index in [9.17, 15) is 4.79 Å². The molecule has 0 heterocycles. The summed E-state index contributed by atoms with van der Waals surface area (Å²) >= 11 is 0. The van der Waals surface area contributed by atoms with E-state index >= 15 is 0 Å². The van der Waals surface area contributed by atoms with Crippen molar-refractivity contribution in [3.63, 3.8) is 0 Å². The van der Waals surface area contributed by atoms with Gasteiger partial charge in [-0.15, -0.1) is 0 Å². The minimum Gasteiger partial charge on any atom is -0.493 e. The Kier molecular flexibility index (Phi) is 7.89. The van der Waals surface area contributed by atoms with Crippen molar-refractivity contribution < 1.29 is 14.3 Å². The van der Waals surface area contributed by atoms with Gasteiger partial charge in [-0.3, -0.25) is 4.79 Å². The van der Waals surface area contributed by atoms with E-state index in [1.165, 1.54) is 0 Å². The van der Waals surface area contributed by atoms with Gasteiger partial charge >= 0.3 is 0 Å². The number of nitrogens with one attached hydrogen (secondary N) is 1.